The van der Waals surface area contributed by atoms with Crippen LogP contribution in [-0.2, 0) is 6.42 Å². The molecule has 0 amide bonds. The number of nitrogens with zero attached hydrogens (tertiary/aromatic N) is 2. The zero-order valence-electron chi connectivity index (χ0n) is 35.3. The van der Waals surface area contributed by atoms with E-state index in [-0.39, 0.29) is 0 Å². The Bertz CT molecular complexity index is 3620. The van der Waals surface area contributed by atoms with Crippen molar-refractivity contribution in [2.24, 2.45) is 0 Å². The van der Waals surface area contributed by atoms with Gasteiger partial charge in [-0.1, -0.05) is 161 Å². The van der Waals surface area contributed by atoms with E-state index < -0.39 is 0 Å². The molecule has 62 heavy (non-hydrogen) atoms. The van der Waals surface area contributed by atoms with Crippen LogP contribution in [-0.4, -0.2) is 9.13 Å². The number of benzene rings is 9. The van der Waals surface area contributed by atoms with Gasteiger partial charge in [-0.25, -0.2) is 0 Å². The Morgan fingerprint density at radius 3 is 1.65 bits per heavy atom. The molecule has 0 saturated carbocycles. The smallest absolute Gasteiger partial charge is 0.135 e. The molecule has 3 heteroatoms. The monoisotopic (exact) mass is 798 g/mol. The fourth-order valence-electron chi connectivity index (χ4n) is 9.65. The van der Waals surface area contributed by atoms with Gasteiger partial charge in [0.25, 0.3) is 0 Å². The van der Waals surface area contributed by atoms with E-state index in [0.29, 0.717) is 0 Å². The topological polar surface area (TPSA) is 23.0 Å². The number of fused-ring (bicyclic) bond motifs is 9. The summed E-state index contributed by atoms with van der Waals surface area (Å²) in [5.74, 6) is 0. The van der Waals surface area contributed by atoms with Crippen molar-refractivity contribution in [3.05, 3.63) is 206 Å². The van der Waals surface area contributed by atoms with Crippen molar-refractivity contribution < 1.29 is 4.42 Å². The summed E-state index contributed by atoms with van der Waals surface area (Å²) in [6.07, 6.45) is 2.25. The first kappa shape index (κ1) is 37.4. The van der Waals surface area contributed by atoms with Crippen LogP contribution in [0.15, 0.2) is 205 Å². The van der Waals surface area contributed by atoms with Crippen LogP contribution in [0.4, 0.5) is 0 Å². The van der Waals surface area contributed by atoms with Gasteiger partial charge in [0.05, 0.1) is 27.8 Å². The van der Waals surface area contributed by atoms with Gasteiger partial charge in [-0.05, 0) is 107 Å². The lowest BCUT2D eigenvalue weighted by Gasteiger charge is -2.15. The Labute approximate surface area is 361 Å². The third-order valence-electron chi connectivity index (χ3n) is 12.4. The Balaban J connectivity index is 0.00000213. The van der Waals surface area contributed by atoms with Crippen LogP contribution in [0, 0.1) is 0 Å². The number of para-hydroxylation sites is 4. The van der Waals surface area contributed by atoms with Crippen LogP contribution in [0.3, 0.4) is 0 Å². The van der Waals surface area contributed by atoms with Crippen molar-refractivity contribution in [3.63, 3.8) is 0 Å². The molecule has 3 nitrogen and oxygen atoms in total. The number of hydrogen-bond acceptors (Lipinski definition) is 1. The summed E-state index contributed by atoms with van der Waals surface area (Å²) in [6.45, 7) is 6.24. The van der Waals surface area contributed by atoms with E-state index in [2.05, 4.69) is 204 Å². The van der Waals surface area contributed by atoms with Gasteiger partial charge in [0.1, 0.15) is 11.2 Å². The number of rotatable bonds is 7. The lowest BCUT2D eigenvalue weighted by molar-refractivity contribution is 0.669. The molecule has 0 spiro atoms. The summed E-state index contributed by atoms with van der Waals surface area (Å²) in [7, 11) is 0. The lowest BCUT2D eigenvalue weighted by atomic mass is 9.97. The molecule has 0 atom stereocenters. The van der Waals surface area contributed by atoms with Gasteiger partial charge >= 0.3 is 0 Å². The van der Waals surface area contributed by atoms with Gasteiger partial charge in [0.15, 0.2) is 0 Å². The lowest BCUT2D eigenvalue weighted by Crippen LogP contribution is -1.97. The summed E-state index contributed by atoms with van der Waals surface area (Å²) in [5, 5.41) is 7.21. The highest BCUT2D eigenvalue weighted by atomic mass is 16.3. The SMILES string of the molecule is CC.CCCc1cccc(-c2ccc(-c3ccccc3-n3c4ccccc4c4cc(-c5ccc6c(c5)c5ccccc5n6-c5ccc6oc7ccccc7c6c5)ccc43)cc2)c1. The quantitative estimate of drug-likeness (QED) is 0.157. The molecular formula is C59H46N2O. The molecule has 0 radical (unpaired) electrons. The van der Waals surface area contributed by atoms with Gasteiger partial charge in [-0.15, -0.1) is 0 Å². The zero-order chi connectivity index (χ0) is 41.7. The molecule has 9 aromatic carbocycles. The van der Waals surface area contributed by atoms with Crippen molar-refractivity contribution >= 4 is 65.6 Å². The molecule has 0 bridgehead atoms. The van der Waals surface area contributed by atoms with E-state index >= 15 is 0 Å². The van der Waals surface area contributed by atoms with Gasteiger partial charge in [0, 0.05) is 43.6 Å². The Kier molecular flexibility index (Phi) is 9.31. The van der Waals surface area contributed by atoms with Crippen LogP contribution in [0.1, 0.15) is 32.8 Å². The normalized spacial score (nSPS) is 11.6. The first-order valence-corrected chi connectivity index (χ1v) is 22.0. The highest BCUT2D eigenvalue weighted by Gasteiger charge is 2.19. The predicted octanol–water partition coefficient (Wildman–Crippen LogP) is 16.8. The van der Waals surface area contributed by atoms with E-state index in [1.807, 2.05) is 26.0 Å². The Morgan fingerprint density at radius 1 is 0.371 bits per heavy atom. The van der Waals surface area contributed by atoms with Gasteiger partial charge in [-0.3, -0.25) is 0 Å². The van der Waals surface area contributed by atoms with Crippen molar-refractivity contribution in [1.29, 1.82) is 0 Å². The second-order valence-electron chi connectivity index (χ2n) is 16.0. The minimum atomic E-state index is 0.904. The molecule has 12 aromatic rings. The van der Waals surface area contributed by atoms with Crippen LogP contribution >= 0.6 is 0 Å². The average Bonchev–Trinajstić information content (AvgIpc) is 3.99. The molecule has 0 saturated heterocycles. The summed E-state index contributed by atoms with van der Waals surface area (Å²) in [4.78, 5) is 0. The predicted molar refractivity (Wildman–Crippen MR) is 264 cm³/mol. The summed E-state index contributed by atoms with van der Waals surface area (Å²) in [5.41, 5.74) is 17.6. The third-order valence-corrected chi connectivity index (χ3v) is 12.4. The second kappa shape index (κ2) is 15.4. The third kappa shape index (κ3) is 6.11. The molecule has 298 valence electrons. The molecule has 0 unspecified atom stereocenters. The fourth-order valence-corrected chi connectivity index (χ4v) is 9.65. The minimum absolute atomic E-state index is 0.904. The molecule has 0 fully saturated rings. The van der Waals surface area contributed by atoms with E-state index in [0.717, 1.165) is 40.5 Å². The summed E-state index contributed by atoms with van der Waals surface area (Å²) < 4.78 is 11.0. The van der Waals surface area contributed by atoms with Gasteiger partial charge in [-0.2, -0.15) is 0 Å². The maximum absolute atomic E-state index is 6.19. The van der Waals surface area contributed by atoms with Crippen LogP contribution < -0.4 is 0 Å². The molecule has 0 aliphatic rings. The molecule has 3 heterocycles. The average molecular weight is 799 g/mol. The van der Waals surface area contributed by atoms with Gasteiger partial charge in [0.2, 0.25) is 0 Å². The molecule has 0 aliphatic carbocycles. The number of hydrogen-bond donors (Lipinski definition) is 0. The van der Waals surface area contributed by atoms with Gasteiger partial charge < -0.3 is 13.6 Å². The van der Waals surface area contributed by atoms with Crippen molar-refractivity contribution in [2.75, 3.05) is 0 Å². The van der Waals surface area contributed by atoms with E-state index in [1.54, 1.807) is 0 Å². The second-order valence-corrected chi connectivity index (χ2v) is 16.0. The van der Waals surface area contributed by atoms with Crippen LogP contribution in [0.25, 0.3) is 110 Å². The minimum Gasteiger partial charge on any atom is -0.456 e. The number of furan rings is 1. The van der Waals surface area contributed by atoms with Crippen LogP contribution in [0.5, 0.6) is 0 Å². The van der Waals surface area contributed by atoms with Crippen molar-refractivity contribution in [1.82, 2.24) is 9.13 Å². The Hall–Kier alpha value is -7.62. The summed E-state index contributed by atoms with van der Waals surface area (Å²) in [6, 6.07) is 73.2. The summed E-state index contributed by atoms with van der Waals surface area (Å²) >= 11 is 0. The number of aryl methyl sites for hydroxylation is 1. The molecule has 0 aliphatic heterocycles. The Morgan fingerprint density at radius 2 is 0.919 bits per heavy atom. The largest absolute Gasteiger partial charge is 0.456 e. The highest BCUT2D eigenvalue weighted by molar-refractivity contribution is 6.13. The molecule has 3 aromatic heterocycles. The highest BCUT2D eigenvalue weighted by Crippen LogP contribution is 2.41. The first-order chi connectivity index (χ1) is 30.7. The fraction of sp³-hybridized carbons (Fsp3) is 0.0847. The van der Waals surface area contributed by atoms with Crippen molar-refractivity contribution in [3.8, 4) is 44.8 Å². The van der Waals surface area contributed by atoms with Crippen LogP contribution in [0.2, 0.25) is 0 Å². The van der Waals surface area contributed by atoms with Crippen molar-refractivity contribution in [2.45, 2.75) is 33.6 Å². The standard InChI is InChI=1S/C57H40N2O.C2H6/c1-2-12-37-13-11-14-40(33-37)38-23-25-39(26-24-38)44-15-3-7-19-51(44)59-53-21-9-5-17-46(53)49-35-42(28-31-55(49)59)41-27-30-54-48(34-41)45-16-4-8-20-52(45)58(54)43-29-32-57-50(36-43)47-18-6-10-22-56(47)60-57;1-2/h3-11,13-36H,2,12H2,1H3;1-2H3. The van der Waals surface area contributed by atoms with E-state index in [1.165, 1.54) is 88.2 Å². The number of aromatic nitrogens is 2. The molecule has 12 rings (SSSR count). The van der Waals surface area contributed by atoms with E-state index in [9.17, 15) is 0 Å². The van der Waals surface area contributed by atoms with E-state index in [4.69, 9.17) is 4.42 Å². The first-order valence-electron chi connectivity index (χ1n) is 22.0. The maximum atomic E-state index is 6.19. The maximum Gasteiger partial charge on any atom is 0.135 e. The zero-order valence-corrected chi connectivity index (χ0v) is 35.3. The molecule has 0 N–H and O–H groups in total. The molecular weight excluding hydrogens is 753 g/mol.